The highest BCUT2D eigenvalue weighted by molar-refractivity contribution is 5.82. The molecule has 4 rings (SSSR count). The third-order valence-electron chi connectivity index (χ3n) is 3.65. The third-order valence-corrected chi connectivity index (χ3v) is 3.65. The van der Waals surface area contributed by atoms with Gasteiger partial charge >= 0.3 is 6.08 Å². The molecule has 0 spiro atoms. The van der Waals surface area contributed by atoms with Crippen LogP contribution in [0.4, 0.5) is 10.2 Å². The standard InChI is InChI=1S/C14H14FN5O3/c1-21-10-3-2-8(23-10)6-16-12-11-13(19-14(15)18-12)20(7-17-11)9-4-5-22-9/h2-3,7,9H,4-6H2,1H3,(H,16,18,19). The predicted octanol–water partition coefficient (Wildman–Crippen LogP) is 2.10. The summed E-state index contributed by atoms with van der Waals surface area (Å²) in [7, 11) is 1.52. The normalized spacial score (nSPS) is 17.2. The Labute approximate surface area is 130 Å². The van der Waals surface area contributed by atoms with Crippen LogP contribution < -0.4 is 10.1 Å². The van der Waals surface area contributed by atoms with Gasteiger partial charge in [-0.1, -0.05) is 0 Å². The van der Waals surface area contributed by atoms with Crippen LogP contribution in [0.2, 0.25) is 0 Å². The van der Waals surface area contributed by atoms with Crippen LogP contribution in [0, 0.1) is 6.08 Å². The van der Waals surface area contributed by atoms with E-state index in [2.05, 4.69) is 20.3 Å². The molecular weight excluding hydrogens is 305 g/mol. The van der Waals surface area contributed by atoms with Gasteiger partial charge in [0.25, 0.3) is 5.95 Å². The van der Waals surface area contributed by atoms with Gasteiger partial charge < -0.3 is 19.2 Å². The fourth-order valence-electron chi connectivity index (χ4n) is 2.40. The van der Waals surface area contributed by atoms with Gasteiger partial charge in [0.2, 0.25) is 0 Å². The number of anilines is 1. The maximum absolute atomic E-state index is 13.7. The molecule has 1 saturated heterocycles. The Hall–Kier alpha value is -2.68. The molecule has 3 aromatic rings. The molecule has 1 aliphatic rings. The smallest absolute Gasteiger partial charge is 0.312 e. The van der Waals surface area contributed by atoms with Gasteiger partial charge in [0.1, 0.15) is 12.0 Å². The lowest BCUT2D eigenvalue weighted by Gasteiger charge is -2.27. The number of methoxy groups -OCH3 is 1. The number of ether oxygens (including phenoxy) is 2. The molecule has 0 aliphatic carbocycles. The van der Waals surface area contributed by atoms with Crippen LogP contribution in [-0.4, -0.2) is 33.2 Å². The summed E-state index contributed by atoms with van der Waals surface area (Å²) >= 11 is 0. The van der Waals surface area contributed by atoms with E-state index in [-0.39, 0.29) is 6.23 Å². The molecule has 0 aromatic carbocycles. The van der Waals surface area contributed by atoms with Crippen molar-refractivity contribution >= 4 is 17.0 Å². The molecule has 4 heterocycles. The average molecular weight is 319 g/mol. The van der Waals surface area contributed by atoms with Crippen LogP contribution in [-0.2, 0) is 11.3 Å². The van der Waals surface area contributed by atoms with Crippen LogP contribution in [0.3, 0.4) is 0 Å². The van der Waals surface area contributed by atoms with E-state index < -0.39 is 6.08 Å². The van der Waals surface area contributed by atoms with Crippen molar-refractivity contribution in [1.29, 1.82) is 0 Å². The highest BCUT2D eigenvalue weighted by atomic mass is 19.1. The van der Waals surface area contributed by atoms with Crippen LogP contribution in [0.15, 0.2) is 22.9 Å². The second kappa shape index (κ2) is 5.51. The zero-order valence-electron chi connectivity index (χ0n) is 12.3. The quantitative estimate of drug-likeness (QED) is 0.720. The zero-order valence-corrected chi connectivity index (χ0v) is 12.3. The van der Waals surface area contributed by atoms with Gasteiger partial charge in [0, 0.05) is 12.5 Å². The number of hydrogen-bond acceptors (Lipinski definition) is 7. The lowest BCUT2D eigenvalue weighted by molar-refractivity contribution is -0.0974. The zero-order chi connectivity index (χ0) is 15.8. The molecule has 0 bridgehead atoms. The number of halogens is 1. The number of fused-ring (bicyclic) bond motifs is 1. The number of aromatic nitrogens is 4. The van der Waals surface area contributed by atoms with Crippen LogP contribution in [0.1, 0.15) is 18.4 Å². The summed E-state index contributed by atoms with van der Waals surface area (Å²) in [5.74, 6) is 1.35. The Bertz CT molecular complexity index is 842. The first-order valence-electron chi connectivity index (χ1n) is 7.13. The largest absolute Gasteiger partial charge is 0.468 e. The Kier molecular flexibility index (Phi) is 3.34. The topological polar surface area (TPSA) is 87.2 Å². The fourth-order valence-corrected chi connectivity index (χ4v) is 2.40. The molecule has 120 valence electrons. The molecule has 1 aliphatic heterocycles. The average Bonchev–Trinajstić information content (AvgIpc) is 3.11. The molecule has 3 aromatic heterocycles. The molecule has 1 atom stereocenters. The van der Waals surface area contributed by atoms with Crippen LogP contribution >= 0.6 is 0 Å². The highest BCUT2D eigenvalue weighted by Gasteiger charge is 2.24. The van der Waals surface area contributed by atoms with Crippen molar-refractivity contribution in [2.75, 3.05) is 19.0 Å². The first kappa shape index (κ1) is 13.9. The predicted molar refractivity (Wildman–Crippen MR) is 77.5 cm³/mol. The number of hydrogen-bond donors (Lipinski definition) is 1. The van der Waals surface area contributed by atoms with Gasteiger partial charge in [-0.25, -0.2) is 4.98 Å². The van der Waals surface area contributed by atoms with E-state index in [1.54, 1.807) is 23.0 Å². The number of furan rings is 1. The van der Waals surface area contributed by atoms with E-state index in [1.807, 2.05) is 0 Å². The van der Waals surface area contributed by atoms with Gasteiger partial charge in [-0.2, -0.15) is 14.4 Å². The van der Waals surface area contributed by atoms with Crippen molar-refractivity contribution in [3.05, 3.63) is 30.3 Å². The summed E-state index contributed by atoms with van der Waals surface area (Å²) in [4.78, 5) is 11.9. The molecule has 1 fully saturated rings. The summed E-state index contributed by atoms with van der Waals surface area (Å²) in [5, 5.41) is 3.01. The molecule has 23 heavy (non-hydrogen) atoms. The Morgan fingerprint density at radius 3 is 3.00 bits per heavy atom. The number of imidazole rings is 1. The molecule has 0 saturated carbocycles. The van der Waals surface area contributed by atoms with Gasteiger partial charge in [-0.15, -0.1) is 0 Å². The summed E-state index contributed by atoms with van der Waals surface area (Å²) in [6.45, 7) is 1.01. The third kappa shape index (κ3) is 2.48. The molecule has 0 amide bonds. The number of nitrogens with zero attached hydrogens (tertiary/aromatic N) is 4. The molecule has 1 N–H and O–H groups in total. The van der Waals surface area contributed by atoms with Crippen molar-refractivity contribution in [1.82, 2.24) is 19.5 Å². The van der Waals surface area contributed by atoms with Crippen molar-refractivity contribution in [2.24, 2.45) is 0 Å². The Morgan fingerprint density at radius 1 is 1.43 bits per heavy atom. The minimum absolute atomic E-state index is 0.142. The summed E-state index contributed by atoms with van der Waals surface area (Å²) in [6.07, 6.45) is 1.48. The Balaban J connectivity index is 1.62. The van der Waals surface area contributed by atoms with Crippen molar-refractivity contribution in [3.63, 3.8) is 0 Å². The van der Waals surface area contributed by atoms with Crippen LogP contribution in [0.5, 0.6) is 5.95 Å². The van der Waals surface area contributed by atoms with Crippen molar-refractivity contribution < 1.29 is 18.3 Å². The minimum atomic E-state index is -0.821. The van der Waals surface area contributed by atoms with E-state index in [9.17, 15) is 4.39 Å². The van der Waals surface area contributed by atoms with Crippen molar-refractivity contribution in [2.45, 2.75) is 19.2 Å². The second-order valence-electron chi connectivity index (χ2n) is 5.06. The van der Waals surface area contributed by atoms with E-state index in [0.717, 1.165) is 6.42 Å². The first-order valence-corrected chi connectivity index (χ1v) is 7.13. The second-order valence-corrected chi connectivity index (χ2v) is 5.06. The maximum atomic E-state index is 13.7. The lowest BCUT2D eigenvalue weighted by atomic mass is 10.3. The van der Waals surface area contributed by atoms with Gasteiger partial charge in [0.05, 0.1) is 26.6 Å². The van der Waals surface area contributed by atoms with Gasteiger partial charge in [-0.05, 0) is 6.07 Å². The molecule has 9 heteroatoms. The minimum Gasteiger partial charge on any atom is -0.468 e. The molecule has 0 radical (unpaired) electrons. The van der Waals surface area contributed by atoms with Gasteiger partial charge in [0.15, 0.2) is 17.0 Å². The fraction of sp³-hybridized carbons (Fsp3) is 0.357. The molecule has 8 nitrogen and oxygen atoms in total. The van der Waals surface area contributed by atoms with E-state index >= 15 is 0 Å². The van der Waals surface area contributed by atoms with Gasteiger partial charge in [-0.3, -0.25) is 4.57 Å². The number of rotatable bonds is 5. The lowest BCUT2D eigenvalue weighted by Crippen LogP contribution is -2.24. The summed E-state index contributed by atoms with van der Waals surface area (Å²) in [5.41, 5.74) is 0.891. The van der Waals surface area contributed by atoms with Crippen molar-refractivity contribution in [3.8, 4) is 5.95 Å². The maximum Gasteiger partial charge on any atom is 0.312 e. The first-order chi connectivity index (χ1) is 11.2. The van der Waals surface area contributed by atoms with E-state index in [4.69, 9.17) is 13.9 Å². The molecule has 1 unspecified atom stereocenters. The summed E-state index contributed by atoms with van der Waals surface area (Å²) < 4.78 is 31.2. The van der Waals surface area contributed by atoms with E-state index in [1.165, 1.54) is 7.11 Å². The SMILES string of the molecule is COc1ccc(CNc2nc(F)nc3c2ncn3C2CCO2)o1. The summed E-state index contributed by atoms with van der Waals surface area (Å²) in [6, 6.07) is 3.47. The monoisotopic (exact) mass is 319 g/mol. The molecular formula is C14H14FN5O3. The van der Waals surface area contributed by atoms with E-state index in [0.29, 0.717) is 41.8 Å². The highest BCUT2D eigenvalue weighted by Crippen LogP contribution is 2.28. The number of nitrogens with one attached hydrogen (secondary N) is 1. The Morgan fingerprint density at radius 2 is 2.30 bits per heavy atom. The van der Waals surface area contributed by atoms with Crippen LogP contribution in [0.25, 0.3) is 11.2 Å².